The first-order valence-electron chi connectivity index (χ1n) is 42.5. The van der Waals surface area contributed by atoms with Crippen LogP contribution in [0, 0.1) is 5.41 Å². The van der Waals surface area contributed by atoms with Crippen LogP contribution in [0.3, 0.4) is 0 Å². The minimum Gasteiger partial charge on any atom is -0.481 e. The quantitative estimate of drug-likeness (QED) is 0.00985. The number of amidine groups is 1. The van der Waals surface area contributed by atoms with Gasteiger partial charge in [0, 0.05) is 96.7 Å². The van der Waals surface area contributed by atoms with Crippen molar-refractivity contribution in [3.63, 3.8) is 0 Å². The number of anilines is 6. The summed E-state index contributed by atoms with van der Waals surface area (Å²) in [5.41, 5.74) is 39.0. The molecule has 3 heterocycles. The van der Waals surface area contributed by atoms with E-state index in [0.29, 0.717) is 88.3 Å². The maximum atomic E-state index is 14.4. The van der Waals surface area contributed by atoms with Crippen LogP contribution in [0.4, 0.5) is 34.1 Å². The Bertz CT molecular complexity index is 6140. The van der Waals surface area contributed by atoms with Gasteiger partial charge in [0.1, 0.15) is 11.9 Å². The zero-order chi connectivity index (χ0) is 94.5. The third-order valence-corrected chi connectivity index (χ3v) is 20.6. The van der Waals surface area contributed by atoms with Gasteiger partial charge in [0.15, 0.2) is 11.9 Å². The monoisotopic (exact) mass is 1770 g/mol. The van der Waals surface area contributed by atoms with Crippen molar-refractivity contribution >= 4 is 111 Å². The summed E-state index contributed by atoms with van der Waals surface area (Å²) in [7, 11) is 0. The molecule has 12 aromatic rings. The van der Waals surface area contributed by atoms with Crippen LogP contribution in [0.2, 0.25) is 0 Å². The number of aromatic nitrogens is 3. The predicted octanol–water partition coefficient (Wildman–Crippen LogP) is 16.7. The molecule has 0 fully saturated rings. The van der Waals surface area contributed by atoms with E-state index in [1.807, 2.05) is 233 Å². The minimum absolute atomic E-state index is 0.00297. The molecule has 0 radical (unpaired) electrons. The number of hydrogen-bond donors (Lipinski definition) is 16. The largest absolute Gasteiger partial charge is 0.481 e. The number of benzene rings is 9. The molecule has 12 rings (SSSR count). The molecule has 0 aliphatic rings. The summed E-state index contributed by atoms with van der Waals surface area (Å²) in [5.74, 6) is -6.45. The van der Waals surface area contributed by atoms with Crippen molar-refractivity contribution in [2.75, 3.05) is 45.0 Å². The highest BCUT2D eigenvalue weighted by Crippen LogP contribution is 2.48. The van der Waals surface area contributed by atoms with Crippen molar-refractivity contribution in [2.45, 2.75) is 124 Å². The molecule has 9 aromatic carbocycles. The van der Waals surface area contributed by atoms with E-state index >= 15 is 0 Å². The van der Waals surface area contributed by atoms with Gasteiger partial charge in [-0.25, -0.2) is 9.59 Å². The molecule has 1 unspecified atom stereocenters. The van der Waals surface area contributed by atoms with E-state index in [-0.39, 0.29) is 126 Å². The second-order valence-corrected chi connectivity index (χ2v) is 31.4. The molecule has 0 saturated carbocycles. The Balaban J connectivity index is 0.000000205. The van der Waals surface area contributed by atoms with Gasteiger partial charge >= 0.3 is 17.9 Å². The summed E-state index contributed by atoms with van der Waals surface area (Å²) in [6.45, 7) is 14.0. The number of aliphatic imine (C=N–C) groups is 2. The van der Waals surface area contributed by atoms with E-state index in [9.17, 15) is 58.2 Å². The highest BCUT2D eigenvalue weighted by molar-refractivity contribution is 6.20. The molecule has 21 N–H and O–H groups in total. The van der Waals surface area contributed by atoms with Crippen molar-refractivity contribution in [3.05, 3.63) is 288 Å². The van der Waals surface area contributed by atoms with Crippen LogP contribution >= 0.6 is 0 Å². The van der Waals surface area contributed by atoms with Crippen LogP contribution in [0.25, 0.3) is 67.5 Å². The highest BCUT2D eigenvalue weighted by Gasteiger charge is 2.37. The van der Waals surface area contributed by atoms with Gasteiger partial charge in [-0.05, 0) is 151 Å². The number of carboxylic acids is 3. The van der Waals surface area contributed by atoms with Crippen LogP contribution in [-0.4, -0.2) is 125 Å². The second-order valence-electron chi connectivity index (χ2n) is 31.4. The van der Waals surface area contributed by atoms with Crippen molar-refractivity contribution in [1.29, 1.82) is 5.41 Å². The Kier molecular flexibility index (Phi) is 34.1. The molecule has 0 spiro atoms. The van der Waals surface area contributed by atoms with Gasteiger partial charge < -0.3 is 94.9 Å². The lowest BCUT2D eigenvalue weighted by Crippen LogP contribution is -2.43. The van der Waals surface area contributed by atoms with Crippen LogP contribution in [0.1, 0.15) is 175 Å². The number of nitrogens with zero attached hydrogens (tertiary/aromatic N) is 5. The summed E-state index contributed by atoms with van der Waals surface area (Å²) < 4.78 is 6.10. The fourth-order valence-electron chi connectivity index (χ4n) is 15.0. The number of hydrogen-bond acceptors (Lipinski definition) is 13. The molecule has 3 aromatic heterocycles. The zero-order valence-corrected chi connectivity index (χ0v) is 73.7. The second kappa shape index (κ2) is 46.1. The summed E-state index contributed by atoms with van der Waals surface area (Å²) in [5, 5.41) is 56.1. The summed E-state index contributed by atoms with van der Waals surface area (Å²) in [6.07, 6.45) is 2.01. The van der Waals surface area contributed by atoms with Crippen LogP contribution in [0.5, 0.6) is 0 Å². The topological polar surface area (TPSA) is 509 Å². The Morgan fingerprint density at radius 2 is 0.672 bits per heavy atom. The van der Waals surface area contributed by atoms with E-state index in [0.717, 1.165) is 33.4 Å². The number of carboxylic acid groups (broad SMARTS) is 3. The molecular weight excluding hydrogens is 1660 g/mol. The zero-order valence-electron chi connectivity index (χ0n) is 73.7. The highest BCUT2D eigenvalue weighted by atomic mass is 16.4. The van der Waals surface area contributed by atoms with Gasteiger partial charge in [0.25, 0.3) is 17.7 Å². The van der Waals surface area contributed by atoms with Crippen molar-refractivity contribution in [1.82, 2.24) is 19.0 Å². The third-order valence-electron chi connectivity index (χ3n) is 20.6. The summed E-state index contributed by atoms with van der Waals surface area (Å²) in [4.78, 5) is 138. The number of amides is 7. The number of guanidine groups is 2. The Morgan fingerprint density at radius 1 is 0.351 bits per heavy atom. The van der Waals surface area contributed by atoms with Gasteiger partial charge in [-0.1, -0.05) is 194 Å². The fraction of sp³-hybridized carbons (Fsp3) is 0.210. The van der Waals surface area contributed by atoms with E-state index < -0.39 is 53.5 Å². The van der Waals surface area contributed by atoms with Crippen molar-refractivity contribution in [2.24, 2.45) is 38.7 Å². The normalized spacial score (nSPS) is 11.0. The van der Waals surface area contributed by atoms with E-state index in [1.165, 1.54) is 37.3 Å². The lowest BCUT2D eigenvalue weighted by Gasteiger charge is -2.20. The van der Waals surface area contributed by atoms with Crippen molar-refractivity contribution < 1.29 is 63.3 Å². The lowest BCUT2D eigenvalue weighted by molar-refractivity contribution is -0.137. The maximum absolute atomic E-state index is 14.4. The summed E-state index contributed by atoms with van der Waals surface area (Å²) >= 11 is 0. The van der Waals surface area contributed by atoms with Gasteiger partial charge in [-0.15, -0.1) is 0 Å². The maximum Gasteiger partial charge on any atom is 0.335 e. The molecular formula is C100H108N18O13. The molecule has 31 heteroatoms. The number of carbonyl (C=O) groups is 10. The number of aromatic carboxylic acids is 2. The minimum atomic E-state index is -1.14. The van der Waals surface area contributed by atoms with Crippen LogP contribution in [0.15, 0.2) is 265 Å². The molecule has 1 atom stereocenters. The number of carbonyl (C=O) groups excluding carboxylic acids is 7. The average molecular weight is 1770 g/mol. The van der Waals surface area contributed by atoms with Gasteiger partial charge in [-0.2, -0.15) is 0 Å². The van der Waals surface area contributed by atoms with Crippen LogP contribution in [-0.2, 0) is 24.0 Å². The molecule has 0 aliphatic carbocycles. The first kappa shape index (κ1) is 96.7. The standard InChI is InChI=1S/C35H39N7O5.C33H36N6O4.C32H33N5O4/c1-21(2)42-30(23-12-6-4-7-13-23)28(33(45)40-26-17-10-16-25(20-26)34(46)47)29(31(42)24-14-8-5-9-15-24)41-32(44)27(39-22(3)43)18-11-19-38-35(36)37;1-21(2)39-29(22-12-5-3-6-13-22)27(31(41)37-25-17-11-16-24(20-25)32(42)43)28(30(39)23-14-7-4-8-15-23)38-26(40)18-9-10-19-36-33(34)35;1-20(2)37-29(21-10-5-3-6-11-21)27(32(41)35-24-18-16-23(17-19-24)31(33)34)28(30(37)22-12-7-4-8-13-22)36-25(38)14-9-15-26(39)40/h4-10,12-17,20-21,27H,11,18-19H2,1-3H3,(H,39,43)(H,40,45)(H,41,44)(H,46,47)(H4,36,37,38);3-8,11-17,20-21H,9-10,18-19H2,1-2H3,(H,37,41)(H,38,40)(H,42,43)(H4,34,35,36);3-8,10-13,16-20H,9,14-15H2,1-2H3,(H3,33,34)(H,35,41)(H,36,38)(H,39,40). The summed E-state index contributed by atoms with van der Waals surface area (Å²) in [6, 6.07) is 74.1. The van der Waals surface area contributed by atoms with E-state index in [4.69, 9.17) is 39.2 Å². The number of nitrogens with one attached hydrogen (secondary N) is 8. The Morgan fingerprint density at radius 3 is 0.985 bits per heavy atom. The molecule has 676 valence electrons. The lowest BCUT2D eigenvalue weighted by atomic mass is 10.0. The van der Waals surface area contributed by atoms with E-state index in [2.05, 4.69) is 51.8 Å². The number of nitrogens with two attached hydrogens (primary N) is 5. The molecule has 131 heavy (non-hydrogen) atoms. The van der Waals surface area contributed by atoms with Gasteiger partial charge in [0.05, 0.1) is 79.0 Å². The number of unbranched alkanes of at least 4 members (excludes halogenated alkanes) is 1. The first-order valence-corrected chi connectivity index (χ1v) is 42.5. The fourth-order valence-corrected chi connectivity index (χ4v) is 15.0. The SMILES string of the molecule is CC(=O)NC(CCCN=C(N)N)C(=O)Nc1c(C(=O)Nc2cccc(C(=O)O)c2)c(-c2ccccc2)n(C(C)C)c1-c1ccccc1.CC(C)n1c(-c2ccccc2)c(NC(=O)CCCC(=O)O)c(C(=O)Nc2ccc(C(=N)N)cc2)c1-c1ccccc1.CC(C)n1c(-c2ccccc2)c(NC(=O)CCCCN=C(N)N)c(C(=O)Nc2cccc(C(=O)O)c2)c1-c1ccccc1. The Hall–Kier alpha value is -16.5. The van der Waals surface area contributed by atoms with Gasteiger partial charge in [0.2, 0.25) is 23.6 Å². The average Bonchev–Trinajstić information content (AvgIpc) is 1.60. The smallest absolute Gasteiger partial charge is 0.335 e. The van der Waals surface area contributed by atoms with Crippen LogP contribution < -0.4 is 65.9 Å². The number of aliphatic carboxylic acids is 1. The van der Waals surface area contributed by atoms with E-state index in [1.54, 1.807) is 42.5 Å². The third kappa shape index (κ3) is 25.7. The number of rotatable bonds is 36. The first-order chi connectivity index (χ1) is 62.8. The predicted molar refractivity (Wildman–Crippen MR) is 515 cm³/mol. The molecule has 0 saturated heterocycles. The van der Waals surface area contributed by atoms with Crippen molar-refractivity contribution in [3.8, 4) is 67.5 Å². The molecule has 0 aliphatic heterocycles. The molecule has 31 nitrogen and oxygen atoms in total. The molecule has 7 amide bonds. The van der Waals surface area contributed by atoms with Gasteiger partial charge in [-0.3, -0.25) is 53.8 Å². The number of nitrogen functional groups attached to an aromatic ring is 1. The Labute approximate surface area is 758 Å². The molecule has 0 bridgehead atoms.